The molecule has 174 valence electrons. The van der Waals surface area contributed by atoms with Gasteiger partial charge >= 0.3 is 12.0 Å². The topological polar surface area (TPSA) is 68.3 Å². The largest absolute Gasteiger partial charge is 0.402 e. The molecule has 5 rings (SSSR count). The molecular weight excluding hydrogens is 425 g/mol. The van der Waals surface area contributed by atoms with Crippen molar-refractivity contribution in [2.45, 2.75) is 26.4 Å². The van der Waals surface area contributed by atoms with Gasteiger partial charge in [-0.1, -0.05) is 17.1 Å². The SMILES string of the molecule is Cc1c(C)[n+](CCN2CCN(c3ccccc3F)CC2)c2n1C1C(=O)N(C)C(=O)N(C)C1=N2. The monoisotopic (exact) mass is 454 g/mol. The molecule has 33 heavy (non-hydrogen) atoms. The van der Waals surface area contributed by atoms with Gasteiger partial charge in [-0.05, 0) is 26.0 Å². The van der Waals surface area contributed by atoms with Gasteiger partial charge in [0.25, 0.3) is 5.91 Å². The highest BCUT2D eigenvalue weighted by molar-refractivity contribution is 6.20. The zero-order valence-corrected chi connectivity index (χ0v) is 19.5. The zero-order chi connectivity index (χ0) is 23.4. The van der Waals surface area contributed by atoms with Gasteiger partial charge in [0.2, 0.25) is 11.9 Å². The summed E-state index contributed by atoms with van der Waals surface area (Å²) < 4.78 is 18.2. The van der Waals surface area contributed by atoms with Crippen molar-refractivity contribution in [3.63, 3.8) is 0 Å². The van der Waals surface area contributed by atoms with E-state index >= 15 is 0 Å². The van der Waals surface area contributed by atoms with Gasteiger partial charge in [0.1, 0.15) is 17.2 Å². The van der Waals surface area contributed by atoms with Crippen LogP contribution in [0.5, 0.6) is 0 Å². The van der Waals surface area contributed by atoms with E-state index in [0.29, 0.717) is 17.5 Å². The second-order valence-corrected chi connectivity index (χ2v) is 8.88. The van der Waals surface area contributed by atoms with Gasteiger partial charge in [-0.25, -0.2) is 18.3 Å². The minimum Gasteiger partial charge on any atom is -0.367 e. The third-order valence-electron chi connectivity index (χ3n) is 7.15. The summed E-state index contributed by atoms with van der Waals surface area (Å²) in [6.45, 7) is 8.82. The summed E-state index contributed by atoms with van der Waals surface area (Å²) in [4.78, 5) is 37.1. The Morgan fingerprint density at radius 3 is 2.45 bits per heavy atom. The smallest absolute Gasteiger partial charge is 0.367 e. The first-order chi connectivity index (χ1) is 15.8. The van der Waals surface area contributed by atoms with Crippen LogP contribution in [0, 0.1) is 19.7 Å². The van der Waals surface area contributed by atoms with Crippen molar-refractivity contribution >= 4 is 29.4 Å². The third kappa shape index (κ3) is 3.31. The number of carbonyl (C=O) groups excluding carboxylic acids is 2. The highest BCUT2D eigenvalue weighted by atomic mass is 19.1. The van der Waals surface area contributed by atoms with Gasteiger partial charge < -0.3 is 4.90 Å². The number of hydrogen-bond donors (Lipinski definition) is 0. The van der Waals surface area contributed by atoms with Crippen LogP contribution in [-0.2, 0) is 11.3 Å². The summed E-state index contributed by atoms with van der Waals surface area (Å²) in [5.74, 6) is 0.748. The second kappa shape index (κ2) is 7.95. The average Bonchev–Trinajstić information content (AvgIpc) is 3.31. The number of hydrogen-bond acceptors (Lipinski definition) is 5. The number of amidine groups is 1. The van der Waals surface area contributed by atoms with Crippen molar-refractivity contribution in [2.75, 3.05) is 51.7 Å². The summed E-state index contributed by atoms with van der Waals surface area (Å²) in [6, 6.07) is 5.95. The van der Waals surface area contributed by atoms with Crippen LogP contribution >= 0.6 is 0 Å². The predicted octanol–water partition coefficient (Wildman–Crippen LogP) is 1.46. The molecule has 0 saturated carbocycles. The minimum atomic E-state index is -0.600. The number of benzene rings is 1. The van der Waals surface area contributed by atoms with Crippen LogP contribution in [0.1, 0.15) is 17.4 Å². The molecule has 2 saturated heterocycles. The van der Waals surface area contributed by atoms with Crippen LogP contribution in [0.25, 0.3) is 0 Å². The number of rotatable bonds is 4. The number of imide groups is 1. The Kier molecular flexibility index (Phi) is 5.19. The van der Waals surface area contributed by atoms with Gasteiger partial charge in [-0.3, -0.25) is 19.5 Å². The number of urea groups is 1. The molecule has 4 heterocycles. The Labute approximate surface area is 192 Å². The number of imidazole rings is 1. The van der Waals surface area contributed by atoms with Crippen LogP contribution in [0.15, 0.2) is 29.3 Å². The Morgan fingerprint density at radius 1 is 1.06 bits per heavy atom. The van der Waals surface area contributed by atoms with Gasteiger partial charge in [-0.15, -0.1) is 0 Å². The number of nitrogens with zero attached hydrogens (tertiary/aromatic N) is 7. The highest BCUT2D eigenvalue weighted by Gasteiger charge is 2.53. The minimum absolute atomic E-state index is 0.179. The molecule has 9 nitrogen and oxygen atoms in total. The van der Waals surface area contributed by atoms with Crippen LogP contribution < -0.4 is 9.47 Å². The van der Waals surface area contributed by atoms with Crippen LogP contribution in [0.3, 0.4) is 0 Å². The Hall–Kier alpha value is -3.27. The lowest BCUT2D eigenvalue weighted by Crippen LogP contribution is -2.56. The molecule has 1 aromatic heterocycles. The summed E-state index contributed by atoms with van der Waals surface area (Å²) in [7, 11) is 3.17. The quantitative estimate of drug-likeness (QED) is 0.656. The first-order valence-corrected chi connectivity index (χ1v) is 11.3. The Morgan fingerprint density at radius 2 is 1.76 bits per heavy atom. The van der Waals surface area contributed by atoms with Gasteiger partial charge in [0.15, 0.2) is 0 Å². The summed E-state index contributed by atoms with van der Waals surface area (Å²) in [5.41, 5.74) is 2.70. The van der Waals surface area contributed by atoms with E-state index in [1.807, 2.05) is 30.5 Å². The van der Waals surface area contributed by atoms with E-state index in [1.165, 1.54) is 18.0 Å². The number of halogens is 1. The molecule has 1 aromatic carbocycles. The third-order valence-corrected chi connectivity index (χ3v) is 7.15. The first-order valence-electron chi connectivity index (χ1n) is 11.3. The Balaban J connectivity index is 1.31. The van der Waals surface area contributed by atoms with E-state index in [2.05, 4.69) is 14.4 Å². The number of likely N-dealkylation sites (N-methyl/N-ethyl adjacent to an activating group) is 2. The molecule has 2 aromatic rings. The summed E-state index contributed by atoms with van der Waals surface area (Å²) in [5, 5.41) is 0. The lowest BCUT2D eigenvalue weighted by atomic mass is 10.1. The molecular formula is C23H29FN7O2+. The van der Waals surface area contributed by atoms with E-state index in [1.54, 1.807) is 13.1 Å². The predicted molar refractivity (Wildman–Crippen MR) is 121 cm³/mol. The number of fused-ring (bicyclic) bond motifs is 3. The fourth-order valence-corrected chi connectivity index (χ4v) is 5.01. The molecule has 3 aliphatic rings. The van der Waals surface area contributed by atoms with E-state index in [0.717, 1.165) is 55.6 Å². The van der Waals surface area contributed by atoms with Crippen LogP contribution in [-0.4, -0.2) is 83.9 Å². The van der Waals surface area contributed by atoms with E-state index in [4.69, 9.17) is 4.99 Å². The van der Waals surface area contributed by atoms with Crippen molar-refractivity contribution in [2.24, 2.45) is 4.99 Å². The lowest BCUT2D eigenvalue weighted by Gasteiger charge is -2.36. The summed E-state index contributed by atoms with van der Waals surface area (Å²) >= 11 is 0. The Bertz CT molecular complexity index is 1170. The fourth-order valence-electron chi connectivity index (χ4n) is 5.01. The van der Waals surface area contributed by atoms with Crippen molar-refractivity contribution in [1.29, 1.82) is 0 Å². The van der Waals surface area contributed by atoms with E-state index in [-0.39, 0.29) is 17.8 Å². The van der Waals surface area contributed by atoms with Crippen molar-refractivity contribution < 1.29 is 18.5 Å². The summed E-state index contributed by atoms with van der Waals surface area (Å²) in [6.07, 6.45) is 0. The molecule has 2 fully saturated rings. The van der Waals surface area contributed by atoms with Gasteiger partial charge in [0.05, 0.1) is 12.2 Å². The molecule has 1 unspecified atom stereocenters. The first kappa shape index (κ1) is 21.6. The van der Waals surface area contributed by atoms with Crippen molar-refractivity contribution in [3.05, 3.63) is 41.5 Å². The molecule has 3 aliphatic heterocycles. The normalized spacial score (nSPS) is 20.9. The number of carbonyl (C=O) groups is 2. The number of para-hydroxylation sites is 1. The molecule has 0 bridgehead atoms. The van der Waals surface area contributed by atoms with E-state index in [9.17, 15) is 14.0 Å². The fraction of sp³-hybridized carbons (Fsp3) is 0.478. The molecule has 0 spiro atoms. The average molecular weight is 455 g/mol. The molecule has 3 amide bonds. The zero-order valence-electron chi connectivity index (χ0n) is 19.5. The lowest BCUT2D eigenvalue weighted by molar-refractivity contribution is -0.688. The van der Waals surface area contributed by atoms with Gasteiger partial charge in [0, 0.05) is 46.8 Å². The molecule has 0 radical (unpaired) electrons. The molecule has 1 atom stereocenters. The number of aromatic nitrogens is 2. The van der Waals surface area contributed by atoms with Crippen molar-refractivity contribution in [1.82, 2.24) is 19.3 Å². The highest BCUT2D eigenvalue weighted by Crippen LogP contribution is 2.34. The van der Waals surface area contributed by atoms with Crippen molar-refractivity contribution in [3.8, 4) is 0 Å². The maximum atomic E-state index is 14.1. The second-order valence-electron chi connectivity index (χ2n) is 8.88. The van der Waals surface area contributed by atoms with E-state index < -0.39 is 6.04 Å². The molecule has 0 N–H and O–H groups in total. The van der Waals surface area contributed by atoms with Crippen LogP contribution in [0.2, 0.25) is 0 Å². The maximum Gasteiger partial charge on any atom is 0.402 e. The number of amides is 3. The maximum absolute atomic E-state index is 14.1. The number of aliphatic imine (C=N–C) groups is 1. The number of anilines is 1. The molecule has 10 heteroatoms. The molecule has 0 aliphatic carbocycles. The van der Waals surface area contributed by atoms with Crippen LogP contribution in [0.4, 0.5) is 20.8 Å². The number of piperazine rings is 1. The standard InChI is InChI=1S/C23H29FN7O2/c1-15-16(2)31-19-20(26(3)23(33)27(4)21(19)32)25-22(31)30(15)14-11-28-9-12-29(13-10-28)18-8-6-5-7-17(18)24/h5-8,19H,9-14H2,1-4H3/q+1. The van der Waals surface area contributed by atoms with Gasteiger partial charge in [-0.2, -0.15) is 0 Å².